The summed E-state index contributed by atoms with van der Waals surface area (Å²) in [6, 6.07) is 8.08. The highest BCUT2D eigenvalue weighted by Crippen LogP contribution is 2.13. The van der Waals surface area contributed by atoms with Crippen molar-refractivity contribution in [3.63, 3.8) is 0 Å². The van der Waals surface area contributed by atoms with Gasteiger partial charge in [-0.3, -0.25) is 0 Å². The van der Waals surface area contributed by atoms with Crippen LogP contribution in [0.4, 0.5) is 0 Å². The molecule has 1 aromatic rings. The Morgan fingerprint density at radius 3 is 2.42 bits per heavy atom. The number of likely N-dealkylation sites (N-methyl/N-ethyl adjacent to an activating group) is 1. The van der Waals surface area contributed by atoms with Crippen LogP contribution in [0.1, 0.15) is 25.3 Å². The van der Waals surface area contributed by atoms with Crippen molar-refractivity contribution in [2.75, 3.05) is 18.6 Å². The molecule has 0 saturated carbocycles. The van der Waals surface area contributed by atoms with Gasteiger partial charge in [-0.2, -0.15) is 0 Å². The predicted octanol–water partition coefficient (Wildman–Crippen LogP) is 2.69. The van der Waals surface area contributed by atoms with Crippen molar-refractivity contribution in [2.24, 2.45) is 0 Å². The number of hydrogen-bond acceptors (Lipinski definition) is 3. The maximum atomic E-state index is 11.4. The standard InChI is InChI=1S/C14H22ClNO2S/c1-3-19(17,18)10-4-5-14(16-2)11-12-6-8-13(15)9-7-12/h6-9,14,16H,3-5,10-11H2,1-2H3. The first-order valence-electron chi connectivity index (χ1n) is 6.59. The summed E-state index contributed by atoms with van der Waals surface area (Å²) in [5, 5.41) is 3.98. The summed E-state index contributed by atoms with van der Waals surface area (Å²) in [6.45, 7) is 1.69. The van der Waals surface area contributed by atoms with E-state index in [9.17, 15) is 8.42 Å². The van der Waals surface area contributed by atoms with Crippen molar-refractivity contribution < 1.29 is 8.42 Å². The Labute approximate surface area is 121 Å². The molecular weight excluding hydrogens is 282 g/mol. The fourth-order valence-electron chi connectivity index (χ4n) is 1.95. The van der Waals surface area contributed by atoms with Crippen LogP contribution in [0.2, 0.25) is 5.02 Å². The van der Waals surface area contributed by atoms with E-state index in [1.807, 2.05) is 31.3 Å². The minimum Gasteiger partial charge on any atom is -0.317 e. The quantitative estimate of drug-likeness (QED) is 0.803. The van der Waals surface area contributed by atoms with Crippen LogP contribution in [0.5, 0.6) is 0 Å². The van der Waals surface area contributed by atoms with Gasteiger partial charge < -0.3 is 5.32 Å². The molecule has 3 nitrogen and oxygen atoms in total. The van der Waals surface area contributed by atoms with Crippen LogP contribution in [0.15, 0.2) is 24.3 Å². The normalized spacial score (nSPS) is 13.4. The number of sulfone groups is 1. The zero-order valence-corrected chi connectivity index (χ0v) is 13.1. The molecular formula is C14H22ClNO2S. The second kappa shape index (κ2) is 7.88. The van der Waals surface area contributed by atoms with Crippen molar-refractivity contribution in [1.82, 2.24) is 5.32 Å². The third-order valence-electron chi connectivity index (χ3n) is 3.25. The van der Waals surface area contributed by atoms with Crippen molar-refractivity contribution in [2.45, 2.75) is 32.2 Å². The van der Waals surface area contributed by atoms with Crippen LogP contribution >= 0.6 is 11.6 Å². The molecule has 1 unspecified atom stereocenters. The van der Waals surface area contributed by atoms with Gasteiger partial charge in [0.1, 0.15) is 9.84 Å². The number of rotatable bonds is 8. The fourth-order valence-corrected chi connectivity index (χ4v) is 2.97. The second-order valence-electron chi connectivity index (χ2n) is 4.69. The predicted molar refractivity (Wildman–Crippen MR) is 81.6 cm³/mol. The van der Waals surface area contributed by atoms with E-state index in [0.29, 0.717) is 12.5 Å². The van der Waals surface area contributed by atoms with Gasteiger partial charge in [-0.05, 0) is 44.0 Å². The smallest absolute Gasteiger partial charge is 0.150 e. The molecule has 0 fully saturated rings. The van der Waals surface area contributed by atoms with Crippen LogP contribution in [0.3, 0.4) is 0 Å². The molecule has 19 heavy (non-hydrogen) atoms. The highest BCUT2D eigenvalue weighted by atomic mass is 35.5. The monoisotopic (exact) mass is 303 g/mol. The summed E-state index contributed by atoms with van der Waals surface area (Å²) >= 11 is 5.85. The lowest BCUT2D eigenvalue weighted by Crippen LogP contribution is -2.28. The van der Waals surface area contributed by atoms with Gasteiger partial charge >= 0.3 is 0 Å². The molecule has 5 heteroatoms. The molecule has 1 aromatic carbocycles. The Kier molecular flexibility index (Phi) is 6.83. The number of halogens is 1. The summed E-state index contributed by atoms with van der Waals surface area (Å²) in [5.74, 6) is 0.511. The molecule has 0 amide bonds. The van der Waals surface area contributed by atoms with Crippen LogP contribution in [0, 0.1) is 0 Å². The summed E-state index contributed by atoms with van der Waals surface area (Å²) < 4.78 is 22.9. The summed E-state index contributed by atoms with van der Waals surface area (Å²) in [7, 11) is -0.935. The van der Waals surface area contributed by atoms with E-state index < -0.39 is 9.84 Å². The molecule has 0 aliphatic carbocycles. The second-order valence-corrected chi connectivity index (χ2v) is 7.60. The molecule has 1 N–H and O–H groups in total. The molecule has 0 radical (unpaired) electrons. The Morgan fingerprint density at radius 2 is 1.89 bits per heavy atom. The van der Waals surface area contributed by atoms with Crippen LogP contribution < -0.4 is 5.32 Å². The fraction of sp³-hybridized carbons (Fsp3) is 0.571. The first-order valence-corrected chi connectivity index (χ1v) is 8.79. The number of nitrogens with one attached hydrogen (secondary N) is 1. The van der Waals surface area contributed by atoms with E-state index in [1.165, 1.54) is 5.56 Å². The largest absolute Gasteiger partial charge is 0.317 e. The first-order chi connectivity index (χ1) is 8.96. The maximum absolute atomic E-state index is 11.4. The van der Waals surface area contributed by atoms with E-state index in [4.69, 9.17) is 11.6 Å². The van der Waals surface area contributed by atoms with Gasteiger partial charge in [0.2, 0.25) is 0 Å². The van der Waals surface area contributed by atoms with Crippen molar-refractivity contribution in [3.8, 4) is 0 Å². The highest BCUT2D eigenvalue weighted by Gasteiger charge is 2.11. The highest BCUT2D eigenvalue weighted by molar-refractivity contribution is 7.91. The average Bonchev–Trinajstić information content (AvgIpc) is 2.40. The van der Waals surface area contributed by atoms with Gasteiger partial charge in [-0.15, -0.1) is 0 Å². The third-order valence-corrected chi connectivity index (χ3v) is 5.29. The molecule has 1 rings (SSSR count). The molecule has 1 atom stereocenters. The minimum absolute atomic E-state index is 0.231. The Morgan fingerprint density at radius 1 is 1.26 bits per heavy atom. The lowest BCUT2D eigenvalue weighted by molar-refractivity contribution is 0.511. The molecule has 0 bridgehead atoms. The zero-order valence-electron chi connectivity index (χ0n) is 11.5. The third kappa shape index (κ3) is 6.41. The molecule has 108 valence electrons. The van der Waals surface area contributed by atoms with Gasteiger partial charge in [0.05, 0.1) is 5.75 Å². The molecule has 0 saturated heterocycles. The zero-order chi connectivity index (χ0) is 14.3. The van der Waals surface area contributed by atoms with Gasteiger partial charge in [0.15, 0.2) is 0 Å². The molecule has 0 spiro atoms. The van der Waals surface area contributed by atoms with Gasteiger partial charge in [0.25, 0.3) is 0 Å². The summed E-state index contributed by atoms with van der Waals surface area (Å²) in [5.41, 5.74) is 1.21. The number of benzene rings is 1. The summed E-state index contributed by atoms with van der Waals surface area (Å²) in [6.07, 6.45) is 2.45. The summed E-state index contributed by atoms with van der Waals surface area (Å²) in [4.78, 5) is 0. The average molecular weight is 304 g/mol. The van der Waals surface area contributed by atoms with Crippen LogP contribution in [-0.4, -0.2) is 33.0 Å². The SMILES string of the molecule is CCS(=O)(=O)CCCC(Cc1ccc(Cl)cc1)NC. The Hall–Kier alpha value is -0.580. The topological polar surface area (TPSA) is 46.2 Å². The minimum atomic E-state index is -2.85. The van der Waals surface area contributed by atoms with E-state index in [-0.39, 0.29) is 11.5 Å². The van der Waals surface area contributed by atoms with E-state index in [0.717, 1.165) is 17.9 Å². The van der Waals surface area contributed by atoms with Crippen LogP contribution in [0.25, 0.3) is 0 Å². The molecule has 0 heterocycles. The Balaban J connectivity index is 2.44. The van der Waals surface area contributed by atoms with E-state index in [2.05, 4.69) is 5.32 Å². The van der Waals surface area contributed by atoms with E-state index in [1.54, 1.807) is 6.92 Å². The number of hydrogen-bond donors (Lipinski definition) is 1. The van der Waals surface area contributed by atoms with Gasteiger partial charge in [0, 0.05) is 16.8 Å². The van der Waals surface area contributed by atoms with Gasteiger partial charge in [-0.25, -0.2) is 8.42 Å². The van der Waals surface area contributed by atoms with E-state index >= 15 is 0 Å². The lowest BCUT2D eigenvalue weighted by Gasteiger charge is -2.16. The lowest BCUT2D eigenvalue weighted by atomic mass is 10.0. The van der Waals surface area contributed by atoms with Gasteiger partial charge in [-0.1, -0.05) is 30.7 Å². The van der Waals surface area contributed by atoms with Crippen LogP contribution in [-0.2, 0) is 16.3 Å². The molecule has 0 aromatic heterocycles. The Bertz CT molecular complexity index is 471. The first kappa shape index (κ1) is 16.5. The molecule has 0 aliphatic rings. The van der Waals surface area contributed by atoms with Crippen molar-refractivity contribution in [3.05, 3.63) is 34.9 Å². The van der Waals surface area contributed by atoms with Crippen molar-refractivity contribution in [1.29, 1.82) is 0 Å². The van der Waals surface area contributed by atoms with Crippen molar-refractivity contribution >= 4 is 21.4 Å². The maximum Gasteiger partial charge on any atom is 0.150 e. The molecule has 0 aliphatic heterocycles.